The molecule has 2 aromatic carbocycles. The van der Waals surface area contributed by atoms with Gasteiger partial charge < -0.3 is 10.2 Å². The molecule has 0 bridgehead atoms. The highest BCUT2D eigenvalue weighted by Crippen LogP contribution is 2.61. The van der Waals surface area contributed by atoms with Gasteiger partial charge in [-0.05, 0) is 70.9 Å². The number of phenolic OH excluding ortho intramolecular Hbond substituents is 1. The molecule has 1 saturated carbocycles. The minimum absolute atomic E-state index is 0.0113. The van der Waals surface area contributed by atoms with Crippen molar-refractivity contribution in [3.63, 3.8) is 0 Å². The summed E-state index contributed by atoms with van der Waals surface area (Å²) in [6, 6.07) is 15.6. The van der Waals surface area contributed by atoms with Crippen molar-refractivity contribution in [3.05, 3.63) is 71.3 Å². The number of hydrogen-bond acceptors (Lipinski definition) is 2. The van der Waals surface area contributed by atoms with Crippen molar-refractivity contribution in [2.75, 3.05) is 0 Å². The highest BCUT2D eigenvalue weighted by Gasteiger charge is 2.55. The number of aromatic hydroxyl groups is 1. The lowest BCUT2D eigenvalue weighted by Crippen LogP contribution is -2.52. The van der Waals surface area contributed by atoms with Gasteiger partial charge in [-0.3, -0.25) is 0 Å². The molecule has 2 N–H and O–H groups in total. The number of fused-ring (bicyclic) bond motifs is 3. The molecule has 0 radical (unpaired) electrons. The Kier molecular flexibility index (Phi) is 4.23. The Bertz CT molecular complexity index is 867. The van der Waals surface area contributed by atoms with Crippen LogP contribution in [0.5, 0.6) is 5.75 Å². The van der Waals surface area contributed by atoms with Gasteiger partial charge in [-0.2, -0.15) is 0 Å². The summed E-state index contributed by atoms with van der Waals surface area (Å²) in [6.07, 6.45) is 8.18. The quantitative estimate of drug-likeness (QED) is 0.711. The van der Waals surface area contributed by atoms with Crippen LogP contribution in [0.1, 0.15) is 63.1 Å². The van der Waals surface area contributed by atoms with Crippen LogP contribution < -0.4 is 0 Å². The number of phenols is 1. The van der Waals surface area contributed by atoms with Crippen molar-refractivity contribution in [2.24, 2.45) is 11.3 Å². The maximum atomic E-state index is 11.8. The molecule has 0 spiro atoms. The molecule has 0 aromatic heterocycles. The van der Waals surface area contributed by atoms with Gasteiger partial charge in [0.25, 0.3) is 0 Å². The molecule has 27 heavy (non-hydrogen) atoms. The van der Waals surface area contributed by atoms with Gasteiger partial charge in [0, 0.05) is 0 Å². The third-order valence-electron chi connectivity index (χ3n) is 7.18. The van der Waals surface area contributed by atoms with Crippen LogP contribution in [0.25, 0.3) is 6.08 Å². The second kappa shape index (κ2) is 6.24. The number of benzene rings is 2. The molecule has 0 unspecified atom stereocenters. The molecule has 142 valence electrons. The molecule has 0 heterocycles. The van der Waals surface area contributed by atoms with Gasteiger partial charge in [0.1, 0.15) is 11.4 Å². The molecule has 2 aliphatic carbocycles. The van der Waals surface area contributed by atoms with Crippen LogP contribution in [0.15, 0.2) is 54.6 Å². The van der Waals surface area contributed by atoms with Crippen LogP contribution in [0.4, 0.5) is 0 Å². The van der Waals surface area contributed by atoms with Gasteiger partial charge in [-0.25, -0.2) is 0 Å². The van der Waals surface area contributed by atoms with E-state index in [0.29, 0.717) is 5.92 Å². The van der Waals surface area contributed by atoms with E-state index in [1.165, 1.54) is 12.8 Å². The predicted octanol–water partition coefficient (Wildman–Crippen LogP) is 5.78. The van der Waals surface area contributed by atoms with E-state index in [-0.39, 0.29) is 16.6 Å². The summed E-state index contributed by atoms with van der Waals surface area (Å²) in [6.45, 7) is 7.01. The van der Waals surface area contributed by atoms with Crippen LogP contribution in [0, 0.1) is 11.3 Å². The molecule has 2 heteroatoms. The smallest absolute Gasteiger partial charge is 0.115 e. The first-order valence-corrected chi connectivity index (χ1v) is 10.1. The molecule has 3 atom stereocenters. The third-order valence-corrected chi connectivity index (χ3v) is 7.18. The van der Waals surface area contributed by atoms with E-state index in [9.17, 15) is 10.2 Å². The van der Waals surface area contributed by atoms with E-state index in [1.54, 1.807) is 6.07 Å². The van der Waals surface area contributed by atoms with Gasteiger partial charge in [-0.1, -0.05) is 69.7 Å². The molecule has 2 nitrogen and oxygen atoms in total. The Hall–Kier alpha value is -2.06. The maximum absolute atomic E-state index is 11.8. The van der Waals surface area contributed by atoms with E-state index >= 15 is 0 Å². The lowest BCUT2D eigenvalue weighted by atomic mass is 9.48. The van der Waals surface area contributed by atoms with Crippen molar-refractivity contribution in [1.29, 1.82) is 0 Å². The summed E-state index contributed by atoms with van der Waals surface area (Å²) >= 11 is 0. The molecule has 4 rings (SSSR count). The fourth-order valence-electron chi connectivity index (χ4n) is 5.71. The Morgan fingerprint density at radius 2 is 1.70 bits per heavy atom. The molecule has 0 amide bonds. The van der Waals surface area contributed by atoms with Crippen LogP contribution in [0.3, 0.4) is 0 Å². The normalized spacial score (nSPS) is 32.1. The Morgan fingerprint density at radius 1 is 0.963 bits per heavy atom. The summed E-state index contributed by atoms with van der Waals surface area (Å²) in [5.41, 5.74) is 2.28. The molecule has 2 aromatic rings. The van der Waals surface area contributed by atoms with Crippen LogP contribution >= 0.6 is 0 Å². The maximum Gasteiger partial charge on any atom is 0.115 e. The molecular weight excluding hydrogens is 332 g/mol. The second-order valence-electron chi connectivity index (χ2n) is 9.41. The van der Waals surface area contributed by atoms with Crippen LogP contribution in [-0.4, -0.2) is 10.2 Å². The molecular formula is C25H30O2. The zero-order valence-electron chi connectivity index (χ0n) is 16.6. The third kappa shape index (κ3) is 3.00. The molecule has 1 fully saturated rings. The van der Waals surface area contributed by atoms with E-state index in [4.69, 9.17) is 0 Å². The first kappa shape index (κ1) is 18.3. The van der Waals surface area contributed by atoms with Gasteiger partial charge >= 0.3 is 0 Å². The number of aliphatic hydroxyl groups is 1. The first-order chi connectivity index (χ1) is 12.7. The van der Waals surface area contributed by atoms with E-state index < -0.39 is 5.60 Å². The molecule has 2 aliphatic rings. The van der Waals surface area contributed by atoms with E-state index in [0.717, 1.165) is 29.5 Å². The second-order valence-corrected chi connectivity index (χ2v) is 9.41. The van der Waals surface area contributed by atoms with E-state index in [2.05, 4.69) is 32.9 Å². The lowest BCUT2D eigenvalue weighted by Gasteiger charge is -2.57. The average molecular weight is 363 g/mol. The fourth-order valence-corrected chi connectivity index (χ4v) is 5.71. The molecule has 0 aliphatic heterocycles. The van der Waals surface area contributed by atoms with Gasteiger partial charge in [0.2, 0.25) is 0 Å². The fraction of sp³-hybridized carbons (Fsp3) is 0.440. The number of rotatable bonds is 2. The van der Waals surface area contributed by atoms with Crippen molar-refractivity contribution < 1.29 is 10.2 Å². The lowest BCUT2D eigenvalue weighted by molar-refractivity contribution is -0.0414. The zero-order chi connectivity index (χ0) is 19.3. The summed E-state index contributed by atoms with van der Waals surface area (Å²) < 4.78 is 0. The summed E-state index contributed by atoms with van der Waals surface area (Å²) in [4.78, 5) is 0. The van der Waals surface area contributed by atoms with Crippen molar-refractivity contribution in [1.82, 2.24) is 0 Å². The highest BCUT2D eigenvalue weighted by atomic mass is 16.3. The van der Waals surface area contributed by atoms with Crippen molar-refractivity contribution in [3.8, 4) is 5.75 Å². The van der Waals surface area contributed by atoms with Crippen LogP contribution in [0.2, 0.25) is 0 Å². The Balaban J connectivity index is 1.86. The van der Waals surface area contributed by atoms with Crippen LogP contribution in [-0.2, 0) is 11.0 Å². The minimum Gasteiger partial charge on any atom is -0.508 e. The SMILES string of the molecule is CC1(C)CCC[C@@]2(C)c3cc(O)ccc3[C@@](O)(/C=C/c3ccccc3)C[C@H]12. The van der Waals surface area contributed by atoms with Gasteiger partial charge in [0.05, 0.1) is 0 Å². The van der Waals surface area contributed by atoms with Gasteiger partial charge in [-0.15, -0.1) is 0 Å². The monoisotopic (exact) mass is 362 g/mol. The first-order valence-electron chi connectivity index (χ1n) is 10.1. The van der Waals surface area contributed by atoms with Gasteiger partial charge in [0.15, 0.2) is 0 Å². The largest absolute Gasteiger partial charge is 0.508 e. The Morgan fingerprint density at radius 3 is 2.44 bits per heavy atom. The predicted molar refractivity (Wildman–Crippen MR) is 111 cm³/mol. The standard InChI is InChI=1S/C25H30O2/c1-23(2)13-7-14-24(3)21-16-19(26)10-11-20(21)25(27,17-22(23)24)15-12-18-8-5-4-6-9-18/h4-6,8-12,15-16,22,26-27H,7,13-14,17H2,1-3H3/b15-12+/t22-,24+,25-/m1/s1. The highest BCUT2D eigenvalue weighted by molar-refractivity contribution is 5.55. The van der Waals surface area contributed by atoms with Crippen molar-refractivity contribution >= 4 is 6.08 Å². The average Bonchev–Trinajstić information content (AvgIpc) is 2.63. The van der Waals surface area contributed by atoms with E-state index in [1.807, 2.05) is 42.5 Å². The number of hydrogen-bond donors (Lipinski definition) is 2. The summed E-state index contributed by atoms with van der Waals surface area (Å²) in [5.74, 6) is 0.645. The Labute approximate surface area is 162 Å². The van der Waals surface area contributed by atoms with Crippen molar-refractivity contribution in [2.45, 2.75) is 57.5 Å². The molecule has 0 saturated heterocycles. The minimum atomic E-state index is -1.02. The zero-order valence-corrected chi connectivity index (χ0v) is 16.6. The summed E-state index contributed by atoms with van der Waals surface area (Å²) in [7, 11) is 0. The topological polar surface area (TPSA) is 40.5 Å². The summed E-state index contributed by atoms with van der Waals surface area (Å²) in [5, 5.41) is 22.0.